The Bertz CT molecular complexity index is 606. The summed E-state index contributed by atoms with van der Waals surface area (Å²) in [6.07, 6.45) is 7.51. The number of rotatable bonds is 3. The van der Waals surface area contributed by atoms with Gasteiger partial charge < -0.3 is 5.32 Å². The third kappa shape index (κ3) is 3.54. The Balaban J connectivity index is 1.63. The number of fused-ring (bicyclic) bond motifs is 1. The zero-order chi connectivity index (χ0) is 15.5. The van der Waals surface area contributed by atoms with Gasteiger partial charge in [-0.3, -0.25) is 14.2 Å². The van der Waals surface area contributed by atoms with Crippen molar-refractivity contribution >= 4 is 17.7 Å². The molecule has 1 aromatic rings. The maximum absolute atomic E-state index is 12.3. The number of carbonyl (C=O) groups is 1. The molecule has 2 heterocycles. The van der Waals surface area contributed by atoms with E-state index in [1.165, 1.54) is 25.7 Å². The second-order valence-electron chi connectivity index (χ2n) is 6.31. The molecule has 22 heavy (non-hydrogen) atoms. The molecule has 1 aliphatic heterocycles. The molecule has 5 nitrogen and oxygen atoms in total. The third-order valence-corrected chi connectivity index (χ3v) is 5.56. The number of nitrogens with zero attached hydrogens (tertiary/aromatic N) is 2. The highest BCUT2D eigenvalue weighted by atomic mass is 32.2. The SMILES string of the molecule is Cc1cc(=O)n2c(n1)SCC2CC(=O)NC1CCCCCC1. The van der Waals surface area contributed by atoms with Gasteiger partial charge in [-0.05, 0) is 19.8 Å². The highest BCUT2D eigenvalue weighted by Crippen LogP contribution is 2.32. The molecule has 0 aromatic carbocycles. The molecule has 2 aliphatic rings. The van der Waals surface area contributed by atoms with Crippen LogP contribution in [0, 0.1) is 6.92 Å². The first-order chi connectivity index (χ1) is 10.6. The van der Waals surface area contributed by atoms with Crippen molar-refractivity contribution in [2.75, 3.05) is 5.75 Å². The molecule has 1 amide bonds. The molecule has 0 saturated heterocycles. The van der Waals surface area contributed by atoms with E-state index in [1.807, 2.05) is 6.92 Å². The topological polar surface area (TPSA) is 64.0 Å². The molecule has 1 fully saturated rings. The number of carbonyl (C=O) groups excluding carboxylic acids is 1. The van der Waals surface area contributed by atoms with Gasteiger partial charge in [0, 0.05) is 30.0 Å². The van der Waals surface area contributed by atoms with E-state index in [-0.39, 0.29) is 17.5 Å². The molecule has 120 valence electrons. The fourth-order valence-electron chi connectivity index (χ4n) is 3.34. The first-order valence-electron chi connectivity index (χ1n) is 8.16. The lowest BCUT2D eigenvalue weighted by Gasteiger charge is -2.18. The van der Waals surface area contributed by atoms with Gasteiger partial charge in [-0.15, -0.1) is 0 Å². The molecule has 0 spiro atoms. The number of amides is 1. The second-order valence-corrected chi connectivity index (χ2v) is 7.30. The summed E-state index contributed by atoms with van der Waals surface area (Å²) in [6, 6.07) is 1.80. The normalized spacial score (nSPS) is 22.1. The van der Waals surface area contributed by atoms with Crippen LogP contribution < -0.4 is 10.9 Å². The lowest BCUT2D eigenvalue weighted by Crippen LogP contribution is -2.36. The van der Waals surface area contributed by atoms with E-state index in [2.05, 4.69) is 10.3 Å². The van der Waals surface area contributed by atoms with Gasteiger partial charge >= 0.3 is 0 Å². The van der Waals surface area contributed by atoms with E-state index in [4.69, 9.17) is 0 Å². The summed E-state index contributed by atoms with van der Waals surface area (Å²) in [5, 5.41) is 3.91. The lowest BCUT2D eigenvalue weighted by molar-refractivity contribution is -0.122. The van der Waals surface area contributed by atoms with Crippen LogP contribution in [-0.4, -0.2) is 27.3 Å². The third-order valence-electron chi connectivity index (χ3n) is 4.46. The van der Waals surface area contributed by atoms with Crippen LogP contribution in [0.5, 0.6) is 0 Å². The minimum Gasteiger partial charge on any atom is -0.353 e. The van der Waals surface area contributed by atoms with Crippen LogP contribution in [0.1, 0.15) is 56.7 Å². The van der Waals surface area contributed by atoms with Gasteiger partial charge in [-0.1, -0.05) is 37.4 Å². The molecule has 3 rings (SSSR count). The van der Waals surface area contributed by atoms with Crippen LogP contribution in [0.2, 0.25) is 0 Å². The van der Waals surface area contributed by atoms with Gasteiger partial charge in [-0.25, -0.2) is 4.98 Å². The van der Waals surface area contributed by atoms with Crippen molar-refractivity contribution in [1.82, 2.24) is 14.9 Å². The Morgan fingerprint density at radius 3 is 2.82 bits per heavy atom. The lowest BCUT2D eigenvalue weighted by atomic mass is 10.1. The molecular formula is C16H23N3O2S. The monoisotopic (exact) mass is 321 g/mol. The number of hydrogen-bond acceptors (Lipinski definition) is 4. The molecule has 0 bridgehead atoms. The van der Waals surface area contributed by atoms with Crippen molar-refractivity contribution in [2.45, 2.75) is 69.1 Å². The number of aromatic nitrogens is 2. The molecule has 1 aromatic heterocycles. The smallest absolute Gasteiger partial charge is 0.254 e. The van der Waals surface area contributed by atoms with Gasteiger partial charge in [0.25, 0.3) is 5.56 Å². The Labute approximate surface area is 134 Å². The Kier molecular flexibility index (Phi) is 4.86. The number of nitrogens with one attached hydrogen (secondary N) is 1. The molecule has 0 radical (unpaired) electrons. The summed E-state index contributed by atoms with van der Waals surface area (Å²) < 4.78 is 1.68. The maximum Gasteiger partial charge on any atom is 0.254 e. The summed E-state index contributed by atoms with van der Waals surface area (Å²) in [5.41, 5.74) is 0.701. The van der Waals surface area contributed by atoms with E-state index in [9.17, 15) is 9.59 Å². The van der Waals surface area contributed by atoms with Crippen LogP contribution in [-0.2, 0) is 4.79 Å². The van der Waals surface area contributed by atoms with E-state index in [0.29, 0.717) is 12.5 Å². The van der Waals surface area contributed by atoms with Gasteiger partial charge in [0.2, 0.25) is 5.91 Å². The first kappa shape index (κ1) is 15.6. The van der Waals surface area contributed by atoms with Crippen molar-refractivity contribution in [1.29, 1.82) is 0 Å². The summed E-state index contributed by atoms with van der Waals surface area (Å²) >= 11 is 1.57. The van der Waals surface area contributed by atoms with Gasteiger partial charge in [0.1, 0.15) is 0 Å². The van der Waals surface area contributed by atoms with Crippen molar-refractivity contribution in [3.8, 4) is 0 Å². The van der Waals surface area contributed by atoms with Gasteiger partial charge in [0.05, 0.1) is 6.04 Å². The molecular weight excluding hydrogens is 298 g/mol. The largest absolute Gasteiger partial charge is 0.353 e. The molecule has 1 aliphatic carbocycles. The van der Waals surface area contributed by atoms with Crippen LogP contribution in [0.4, 0.5) is 0 Å². The molecule has 1 N–H and O–H groups in total. The standard InChI is InChI=1S/C16H23N3O2S/c1-11-8-15(21)19-13(10-22-16(19)17-11)9-14(20)18-12-6-4-2-3-5-7-12/h8,12-13H,2-7,9-10H2,1H3,(H,18,20). The van der Waals surface area contributed by atoms with Gasteiger partial charge in [-0.2, -0.15) is 0 Å². The Morgan fingerprint density at radius 1 is 1.36 bits per heavy atom. The molecule has 1 atom stereocenters. The van der Waals surface area contributed by atoms with Crippen molar-refractivity contribution < 1.29 is 4.79 Å². The summed E-state index contributed by atoms with van der Waals surface area (Å²) in [6.45, 7) is 1.83. The zero-order valence-corrected chi connectivity index (χ0v) is 13.8. The minimum absolute atomic E-state index is 0.0419. The summed E-state index contributed by atoms with van der Waals surface area (Å²) in [7, 11) is 0. The minimum atomic E-state index is -0.0635. The summed E-state index contributed by atoms with van der Waals surface area (Å²) in [5.74, 6) is 0.821. The van der Waals surface area contributed by atoms with E-state index < -0.39 is 0 Å². The zero-order valence-electron chi connectivity index (χ0n) is 13.0. The fraction of sp³-hybridized carbons (Fsp3) is 0.688. The van der Waals surface area contributed by atoms with E-state index in [0.717, 1.165) is 29.4 Å². The molecule has 1 saturated carbocycles. The highest BCUT2D eigenvalue weighted by Gasteiger charge is 2.28. The van der Waals surface area contributed by atoms with Crippen LogP contribution in [0.15, 0.2) is 16.0 Å². The Morgan fingerprint density at radius 2 is 2.09 bits per heavy atom. The predicted octanol–water partition coefficient (Wildman–Crippen LogP) is 2.43. The number of thioether (sulfide) groups is 1. The van der Waals surface area contributed by atoms with Crippen molar-refractivity contribution in [2.24, 2.45) is 0 Å². The average Bonchev–Trinajstić information content (AvgIpc) is 2.69. The first-order valence-corrected chi connectivity index (χ1v) is 9.14. The van der Waals surface area contributed by atoms with E-state index in [1.54, 1.807) is 22.4 Å². The summed E-state index contributed by atoms with van der Waals surface area (Å²) in [4.78, 5) is 28.8. The van der Waals surface area contributed by atoms with Crippen molar-refractivity contribution in [3.05, 3.63) is 22.1 Å². The van der Waals surface area contributed by atoms with E-state index >= 15 is 0 Å². The van der Waals surface area contributed by atoms with Crippen LogP contribution in [0.25, 0.3) is 0 Å². The second kappa shape index (κ2) is 6.86. The number of hydrogen-bond donors (Lipinski definition) is 1. The number of aryl methyl sites for hydroxylation is 1. The maximum atomic E-state index is 12.3. The Hall–Kier alpha value is -1.30. The highest BCUT2D eigenvalue weighted by molar-refractivity contribution is 7.99. The molecule has 1 unspecified atom stereocenters. The predicted molar refractivity (Wildman–Crippen MR) is 87.2 cm³/mol. The quantitative estimate of drug-likeness (QED) is 0.686. The molecule has 6 heteroatoms. The van der Waals surface area contributed by atoms with Crippen LogP contribution >= 0.6 is 11.8 Å². The van der Waals surface area contributed by atoms with Crippen molar-refractivity contribution in [3.63, 3.8) is 0 Å². The average molecular weight is 321 g/mol. The van der Waals surface area contributed by atoms with Gasteiger partial charge in [0.15, 0.2) is 5.16 Å². The fourth-order valence-corrected chi connectivity index (χ4v) is 4.53. The van der Waals surface area contributed by atoms with Crippen LogP contribution in [0.3, 0.4) is 0 Å².